The van der Waals surface area contributed by atoms with Crippen LogP contribution in [-0.2, 0) is 0 Å². The molecule has 0 unspecified atom stereocenters. The Morgan fingerprint density at radius 1 is 0.418 bits per heavy atom. The van der Waals surface area contributed by atoms with Gasteiger partial charge in [-0.1, -0.05) is 97.1 Å². The molecule has 254 valence electrons. The number of para-hydroxylation sites is 3. The van der Waals surface area contributed by atoms with E-state index < -0.39 is 0 Å². The zero-order valence-electron chi connectivity index (χ0n) is 29.4. The fourth-order valence-corrected chi connectivity index (χ4v) is 9.78. The number of hydrogen-bond acceptors (Lipinski definition) is 3. The third-order valence-electron chi connectivity index (χ3n) is 11.0. The van der Waals surface area contributed by atoms with Crippen LogP contribution in [0.1, 0.15) is 11.1 Å². The second kappa shape index (κ2) is 12.0. The van der Waals surface area contributed by atoms with Crippen LogP contribution < -0.4 is 0 Å². The molecule has 11 rings (SSSR count). The molecule has 5 heteroatoms. The summed E-state index contributed by atoms with van der Waals surface area (Å²) < 4.78 is 7.38. The highest BCUT2D eigenvalue weighted by atomic mass is 32.1. The van der Waals surface area contributed by atoms with Crippen LogP contribution in [0.2, 0.25) is 0 Å². The first-order chi connectivity index (χ1) is 27.2. The molecule has 4 nitrogen and oxygen atoms in total. The Labute approximate surface area is 320 Å². The maximum absolute atomic E-state index is 10.2. The van der Waals surface area contributed by atoms with E-state index >= 15 is 0 Å². The monoisotopic (exact) mass is 716 g/mol. The van der Waals surface area contributed by atoms with Crippen molar-refractivity contribution in [1.82, 2.24) is 9.13 Å². The van der Waals surface area contributed by atoms with Crippen molar-refractivity contribution >= 4 is 75.1 Å². The highest BCUT2D eigenvalue weighted by Crippen LogP contribution is 2.44. The molecular weight excluding hydrogens is 689 g/mol. The van der Waals surface area contributed by atoms with E-state index in [9.17, 15) is 10.5 Å². The summed E-state index contributed by atoms with van der Waals surface area (Å²) in [5.74, 6) is 0. The van der Waals surface area contributed by atoms with Crippen molar-refractivity contribution in [3.63, 3.8) is 0 Å². The Hall–Kier alpha value is -7.44. The highest BCUT2D eigenvalue weighted by molar-refractivity contribution is 7.26. The molecule has 0 amide bonds. The van der Waals surface area contributed by atoms with Gasteiger partial charge in [-0.15, -0.1) is 11.3 Å². The third kappa shape index (κ3) is 4.68. The molecule has 0 aliphatic carbocycles. The highest BCUT2D eigenvalue weighted by Gasteiger charge is 2.20. The Bertz CT molecular complexity index is 3400. The van der Waals surface area contributed by atoms with Crippen LogP contribution in [0.5, 0.6) is 0 Å². The summed E-state index contributed by atoms with van der Waals surface area (Å²) in [6.07, 6.45) is 0. The van der Waals surface area contributed by atoms with Crippen LogP contribution in [0.3, 0.4) is 0 Å². The molecule has 0 aliphatic heterocycles. The largest absolute Gasteiger partial charge is 0.309 e. The third-order valence-corrected chi connectivity index (χ3v) is 12.2. The van der Waals surface area contributed by atoms with Gasteiger partial charge in [-0.3, -0.25) is 0 Å². The van der Waals surface area contributed by atoms with Crippen LogP contribution in [0, 0.1) is 22.7 Å². The van der Waals surface area contributed by atoms with Gasteiger partial charge in [0.05, 0.1) is 45.3 Å². The molecular formula is C50H28N4S. The van der Waals surface area contributed by atoms with Gasteiger partial charge in [0.2, 0.25) is 0 Å². The minimum Gasteiger partial charge on any atom is -0.309 e. The first kappa shape index (κ1) is 31.1. The molecule has 0 bridgehead atoms. The van der Waals surface area contributed by atoms with Gasteiger partial charge in [0, 0.05) is 58.7 Å². The van der Waals surface area contributed by atoms with E-state index in [1.54, 1.807) is 12.1 Å². The molecule has 0 aliphatic rings. The normalized spacial score (nSPS) is 11.6. The Kier molecular flexibility index (Phi) is 6.82. The summed E-state index contributed by atoms with van der Waals surface area (Å²) in [6.45, 7) is 0. The van der Waals surface area contributed by atoms with E-state index in [1.807, 2.05) is 35.6 Å². The quantitative estimate of drug-likeness (QED) is 0.182. The molecule has 0 spiro atoms. The van der Waals surface area contributed by atoms with Gasteiger partial charge < -0.3 is 9.13 Å². The van der Waals surface area contributed by atoms with Crippen molar-refractivity contribution < 1.29 is 0 Å². The fraction of sp³-hybridized carbons (Fsp3) is 0. The predicted octanol–water partition coefficient (Wildman–Crippen LogP) is 13.3. The van der Waals surface area contributed by atoms with Gasteiger partial charge in [0.1, 0.15) is 0 Å². The van der Waals surface area contributed by atoms with E-state index in [-0.39, 0.29) is 0 Å². The summed E-state index contributed by atoms with van der Waals surface area (Å²) in [5.41, 5.74) is 11.6. The first-order valence-electron chi connectivity index (χ1n) is 18.2. The number of hydrogen-bond donors (Lipinski definition) is 0. The van der Waals surface area contributed by atoms with Crippen LogP contribution in [0.4, 0.5) is 0 Å². The van der Waals surface area contributed by atoms with Gasteiger partial charge in [-0.2, -0.15) is 10.5 Å². The lowest BCUT2D eigenvalue weighted by Crippen LogP contribution is -2.00. The van der Waals surface area contributed by atoms with E-state index in [1.165, 1.54) is 41.7 Å². The number of nitrogens with zero attached hydrogens (tertiary/aromatic N) is 4. The lowest BCUT2D eigenvalue weighted by molar-refractivity contribution is 1.13. The molecule has 0 N–H and O–H groups in total. The molecule has 8 aromatic carbocycles. The first-order valence-corrected chi connectivity index (χ1v) is 19.0. The molecule has 3 heterocycles. The number of thiophene rings is 1. The van der Waals surface area contributed by atoms with Crippen molar-refractivity contribution in [2.24, 2.45) is 0 Å². The van der Waals surface area contributed by atoms with Crippen molar-refractivity contribution in [3.05, 3.63) is 181 Å². The van der Waals surface area contributed by atoms with Crippen LogP contribution in [0.25, 0.3) is 97.4 Å². The Morgan fingerprint density at radius 2 is 1.00 bits per heavy atom. The summed E-state index contributed by atoms with van der Waals surface area (Å²) >= 11 is 1.86. The van der Waals surface area contributed by atoms with Gasteiger partial charge in [-0.25, -0.2) is 0 Å². The summed E-state index contributed by atoms with van der Waals surface area (Å²) in [6, 6.07) is 64.2. The second-order valence-corrected chi connectivity index (χ2v) is 15.0. The predicted molar refractivity (Wildman–Crippen MR) is 228 cm³/mol. The van der Waals surface area contributed by atoms with E-state index in [0.29, 0.717) is 11.1 Å². The molecule has 0 fully saturated rings. The number of fused-ring (bicyclic) bond motifs is 10. The van der Waals surface area contributed by atoms with Crippen molar-refractivity contribution in [3.8, 4) is 45.8 Å². The summed E-state index contributed by atoms with van der Waals surface area (Å²) in [4.78, 5) is 0. The van der Waals surface area contributed by atoms with Crippen LogP contribution in [0.15, 0.2) is 170 Å². The number of rotatable bonds is 4. The number of benzene rings is 8. The van der Waals surface area contributed by atoms with Gasteiger partial charge in [0.15, 0.2) is 0 Å². The SMILES string of the molecule is N#Cc1ccc(-c2cc(-c3cc(-n4c5ccccc5c5ccccc54)cc(-n4c5ccccc5c5c6sc7ccccc7c6ccc54)c3)ccc2C#N)cc1. The molecule has 55 heavy (non-hydrogen) atoms. The minimum atomic E-state index is 0.584. The maximum atomic E-state index is 10.2. The molecule has 0 atom stereocenters. The van der Waals surface area contributed by atoms with Crippen molar-refractivity contribution in [2.45, 2.75) is 0 Å². The lowest BCUT2D eigenvalue weighted by atomic mass is 9.94. The minimum absolute atomic E-state index is 0.584. The van der Waals surface area contributed by atoms with Gasteiger partial charge in [0.25, 0.3) is 0 Å². The summed E-state index contributed by atoms with van der Waals surface area (Å²) in [7, 11) is 0. The van der Waals surface area contributed by atoms with Crippen molar-refractivity contribution in [1.29, 1.82) is 10.5 Å². The molecule has 0 radical (unpaired) electrons. The lowest BCUT2D eigenvalue weighted by Gasteiger charge is -2.16. The van der Waals surface area contributed by atoms with Crippen molar-refractivity contribution in [2.75, 3.05) is 0 Å². The maximum Gasteiger partial charge on any atom is 0.0998 e. The molecule has 0 saturated heterocycles. The molecule has 11 aromatic rings. The standard InChI is InChI=1S/C50H28N4S/c51-29-31-17-19-32(20-18-31)43-27-33(21-22-34(43)30-52)35-25-36(53-44-13-5-1-9-38(44)39-10-2-6-14-45(39)53)28-37(26-35)54-46-15-7-3-12-42(46)49-47(54)24-23-41-40-11-4-8-16-48(40)55-50(41)49/h1-28H. The number of aromatic nitrogens is 2. The topological polar surface area (TPSA) is 57.4 Å². The molecule has 0 saturated carbocycles. The Morgan fingerprint density at radius 3 is 1.67 bits per heavy atom. The summed E-state index contributed by atoms with van der Waals surface area (Å²) in [5, 5.41) is 27.1. The molecule has 3 aromatic heterocycles. The van der Waals surface area contributed by atoms with E-state index in [4.69, 9.17) is 0 Å². The average Bonchev–Trinajstić information content (AvgIpc) is 3.91. The average molecular weight is 717 g/mol. The number of nitriles is 2. The fourth-order valence-electron chi connectivity index (χ4n) is 8.52. The zero-order chi connectivity index (χ0) is 36.6. The van der Waals surface area contributed by atoms with Gasteiger partial charge in [-0.05, 0) is 89.5 Å². The van der Waals surface area contributed by atoms with E-state index in [0.717, 1.165) is 55.7 Å². The van der Waals surface area contributed by atoms with Crippen LogP contribution >= 0.6 is 11.3 Å². The van der Waals surface area contributed by atoms with E-state index in [2.05, 4.69) is 155 Å². The zero-order valence-corrected chi connectivity index (χ0v) is 30.2. The van der Waals surface area contributed by atoms with Crippen LogP contribution in [-0.4, -0.2) is 9.13 Å². The second-order valence-electron chi connectivity index (χ2n) is 14.0. The van der Waals surface area contributed by atoms with Gasteiger partial charge >= 0.3 is 0 Å². The smallest absolute Gasteiger partial charge is 0.0998 e. The Balaban J connectivity index is 1.23.